The molecule has 0 saturated carbocycles. The average molecular weight is 300 g/mol. The molecule has 2 rings (SSSR count). The number of hydrogen-bond donors (Lipinski definition) is 0. The lowest BCUT2D eigenvalue weighted by Gasteiger charge is -2.19. The van der Waals surface area contributed by atoms with Crippen LogP contribution in [0, 0.1) is 18.3 Å². The van der Waals surface area contributed by atoms with E-state index < -0.39 is 0 Å². The van der Waals surface area contributed by atoms with Crippen LogP contribution in [0.2, 0.25) is 0 Å². The zero-order valence-electron chi connectivity index (χ0n) is 12.9. The third kappa shape index (κ3) is 4.05. The zero-order chi connectivity index (χ0) is 15.5. The first-order valence-corrected chi connectivity index (χ1v) is 7.81. The van der Waals surface area contributed by atoms with Crippen LogP contribution in [0.1, 0.15) is 41.9 Å². The Morgan fingerprint density at radius 1 is 1.24 bits per heavy atom. The predicted molar refractivity (Wildman–Crippen MR) is 85.9 cm³/mol. The summed E-state index contributed by atoms with van der Waals surface area (Å²) in [6.07, 6.45) is 0.730. The number of nitrogens with zero attached hydrogens (tertiary/aromatic N) is 2. The lowest BCUT2D eigenvalue weighted by molar-refractivity contribution is 0.321. The van der Waals surface area contributed by atoms with E-state index >= 15 is 0 Å². The van der Waals surface area contributed by atoms with Crippen LogP contribution in [-0.2, 0) is 11.8 Å². The summed E-state index contributed by atoms with van der Waals surface area (Å²) in [4.78, 5) is 5.07. The van der Waals surface area contributed by atoms with Gasteiger partial charge in [0.1, 0.15) is 16.7 Å². The quantitative estimate of drug-likeness (QED) is 0.848. The Labute approximate surface area is 130 Å². The van der Waals surface area contributed by atoms with Crippen LogP contribution in [0.5, 0.6) is 5.75 Å². The van der Waals surface area contributed by atoms with Crippen molar-refractivity contribution in [3.63, 3.8) is 0 Å². The highest BCUT2D eigenvalue weighted by atomic mass is 32.1. The van der Waals surface area contributed by atoms with Crippen molar-refractivity contribution in [3.05, 3.63) is 45.4 Å². The highest BCUT2D eigenvalue weighted by Gasteiger charge is 2.13. The number of thiazole rings is 1. The van der Waals surface area contributed by atoms with Crippen molar-refractivity contribution in [1.29, 1.82) is 5.26 Å². The minimum atomic E-state index is 0.157. The first-order chi connectivity index (χ1) is 9.90. The maximum Gasteiger partial charge on any atom is 0.127 e. The van der Waals surface area contributed by atoms with Crippen LogP contribution in [0.15, 0.2) is 24.3 Å². The van der Waals surface area contributed by atoms with Crippen molar-refractivity contribution < 1.29 is 4.74 Å². The average Bonchev–Trinajstić information content (AvgIpc) is 2.79. The summed E-state index contributed by atoms with van der Waals surface area (Å²) in [5.74, 6) is 0.872. The summed E-state index contributed by atoms with van der Waals surface area (Å²) in [7, 11) is 0. The maximum absolute atomic E-state index is 8.92. The molecule has 0 aliphatic heterocycles. The van der Waals surface area contributed by atoms with Gasteiger partial charge in [-0.15, -0.1) is 11.3 Å². The van der Waals surface area contributed by atoms with E-state index in [-0.39, 0.29) is 5.41 Å². The molecule has 0 N–H and O–H groups in total. The van der Waals surface area contributed by atoms with Crippen LogP contribution in [-0.4, -0.2) is 11.6 Å². The molecule has 0 radical (unpaired) electrons. The fourth-order valence-electron chi connectivity index (χ4n) is 1.97. The van der Waals surface area contributed by atoms with Gasteiger partial charge in [0.15, 0.2) is 0 Å². The van der Waals surface area contributed by atoms with Gasteiger partial charge in [0, 0.05) is 6.42 Å². The molecule has 1 heterocycles. The van der Waals surface area contributed by atoms with E-state index in [1.54, 1.807) is 0 Å². The van der Waals surface area contributed by atoms with Gasteiger partial charge in [-0.25, -0.2) is 4.98 Å². The standard InChI is InChI=1S/C17H20N2OS/c1-12-15(11-18)21-16(19-12)9-10-20-14-7-5-13(6-8-14)17(2,3)4/h5-8H,9-10H2,1-4H3. The lowest BCUT2D eigenvalue weighted by Crippen LogP contribution is -2.10. The highest BCUT2D eigenvalue weighted by Crippen LogP contribution is 2.24. The second-order valence-electron chi connectivity index (χ2n) is 6.01. The van der Waals surface area contributed by atoms with E-state index in [0.717, 1.165) is 22.9 Å². The first-order valence-electron chi connectivity index (χ1n) is 7.00. The number of ether oxygens (including phenoxy) is 1. The topological polar surface area (TPSA) is 45.9 Å². The fourth-order valence-corrected chi connectivity index (χ4v) is 2.81. The molecule has 3 nitrogen and oxygen atoms in total. The van der Waals surface area contributed by atoms with Crippen LogP contribution >= 0.6 is 11.3 Å². The molecule has 21 heavy (non-hydrogen) atoms. The summed E-state index contributed by atoms with van der Waals surface area (Å²) in [5, 5.41) is 9.87. The third-order valence-corrected chi connectivity index (χ3v) is 4.37. The Morgan fingerprint density at radius 3 is 2.43 bits per heavy atom. The Kier molecular flexibility index (Phi) is 4.64. The van der Waals surface area contributed by atoms with Crippen LogP contribution in [0.25, 0.3) is 0 Å². The molecular formula is C17H20N2OS. The van der Waals surface area contributed by atoms with Crippen LogP contribution in [0.4, 0.5) is 0 Å². The third-order valence-electron chi connectivity index (χ3n) is 3.25. The van der Waals surface area contributed by atoms with Crippen molar-refractivity contribution in [2.24, 2.45) is 0 Å². The summed E-state index contributed by atoms with van der Waals surface area (Å²) >= 11 is 1.45. The second-order valence-corrected chi connectivity index (χ2v) is 7.09. The summed E-state index contributed by atoms with van der Waals surface area (Å²) < 4.78 is 5.74. The summed E-state index contributed by atoms with van der Waals surface area (Å²) in [6, 6.07) is 10.4. The Balaban J connectivity index is 1.90. The largest absolute Gasteiger partial charge is 0.493 e. The van der Waals surface area contributed by atoms with Gasteiger partial charge in [0.05, 0.1) is 17.3 Å². The molecule has 0 spiro atoms. The molecule has 0 saturated heterocycles. The number of hydrogen-bond acceptors (Lipinski definition) is 4. The lowest BCUT2D eigenvalue weighted by atomic mass is 9.87. The van der Waals surface area contributed by atoms with Gasteiger partial charge < -0.3 is 4.74 Å². The van der Waals surface area contributed by atoms with Crippen molar-refractivity contribution in [1.82, 2.24) is 4.98 Å². The number of rotatable bonds is 4. The van der Waals surface area contributed by atoms with E-state index in [2.05, 4.69) is 44.0 Å². The highest BCUT2D eigenvalue weighted by molar-refractivity contribution is 7.12. The monoisotopic (exact) mass is 300 g/mol. The van der Waals surface area contributed by atoms with Crippen molar-refractivity contribution in [2.45, 2.75) is 39.5 Å². The zero-order valence-corrected chi connectivity index (χ0v) is 13.8. The number of benzene rings is 1. The SMILES string of the molecule is Cc1nc(CCOc2ccc(C(C)(C)C)cc2)sc1C#N. The first kappa shape index (κ1) is 15.5. The van der Waals surface area contributed by atoms with Crippen LogP contribution in [0.3, 0.4) is 0 Å². The van der Waals surface area contributed by atoms with E-state index in [9.17, 15) is 0 Å². The Morgan fingerprint density at radius 2 is 1.90 bits per heavy atom. The molecule has 4 heteroatoms. The number of nitriles is 1. The summed E-state index contributed by atoms with van der Waals surface area (Å²) in [5.41, 5.74) is 2.26. The van der Waals surface area contributed by atoms with Gasteiger partial charge in [-0.2, -0.15) is 5.26 Å². The maximum atomic E-state index is 8.92. The molecule has 1 aromatic carbocycles. The van der Waals surface area contributed by atoms with Gasteiger partial charge >= 0.3 is 0 Å². The molecule has 1 aromatic heterocycles. The van der Waals surface area contributed by atoms with Gasteiger partial charge in [-0.1, -0.05) is 32.9 Å². The fraction of sp³-hybridized carbons (Fsp3) is 0.412. The Hall–Kier alpha value is -1.86. The molecular weight excluding hydrogens is 280 g/mol. The number of aromatic nitrogens is 1. The molecule has 2 aromatic rings. The van der Waals surface area contributed by atoms with Gasteiger partial charge in [-0.3, -0.25) is 0 Å². The molecule has 0 bridgehead atoms. The molecule has 0 aliphatic carbocycles. The normalized spacial score (nSPS) is 11.2. The molecule has 110 valence electrons. The minimum absolute atomic E-state index is 0.157. The van der Waals surface area contributed by atoms with E-state index in [0.29, 0.717) is 11.5 Å². The predicted octanol–water partition coefficient (Wildman–Crippen LogP) is 4.24. The van der Waals surface area contributed by atoms with E-state index in [1.807, 2.05) is 19.1 Å². The Bertz CT molecular complexity index is 645. The van der Waals surface area contributed by atoms with E-state index in [1.165, 1.54) is 16.9 Å². The summed E-state index contributed by atoms with van der Waals surface area (Å²) in [6.45, 7) is 9.03. The molecule has 0 fully saturated rings. The minimum Gasteiger partial charge on any atom is -0.493 e. The van der Waals surface area contributed by atoms with Gasteiger partial charge in [0.2, 0.25) is 0 Å². The van der Waals surface area contributed by atoms with E-state index in [4.69, 9.17) is 10.00 Å². The van der Waals surface area contributed by atoms with Crippen LogP contribution < -0.4 is 4.74 Å². The van der Waals surface area contributed by atoms with Gasteiger partial charge in [0.25, 0.3) is 0 Å². The molecule has 0 amide bonds. The smallest absolute Gasteiger partial charge is 0.127 e. The van der Waals surface area contributed by atoms with Crippen molar-refractivity contribution in [3.8, 4) is 11.8 Å². The molecule has 0 unspecified atom stereocenters. The van der Waals surface area contributed by atoms with Gasteiger partial charge in [-0.05, 0) is 30.0 Å². The molecule has 0 atom stereocenters. The molecule has 0 aliphatic rings. The number of aryl methyl sites for hydroxylation is 1. The second kappa shape index (κ2) is 6.28. The van der Waals surface area contributed by atoms with Crippen molar-refractivity contribution in [2.75, 3.05) is 6.61 Å². The van der Waals surface area contributed by atoms with Crippen molar-refractivity contribution >= 4 is 11.3 Å².